The number of halogens is 1. The first-order valence-corrected chi connectivity index (χ1v) is 9.05. The topological polar surface area (TPSA) is 74.7 Å². The first-order chi connectivity index (χ1) is 9.71. The van der Waals surface area contributed by atoms with Crippen molar-refractivity contribution < 1.29 is 22.7 Å². The summed E-state index contributed by atoms with van der Waals surface area (Å²) in [5.74, 6) is -1.57. The van der Waals surface area contributed by atoms with Crippen LogP contribution in [0.5, 0.6) is 0 Å². The zero-order chi connectivity index (χ0) is 16.2. The SMILES string of the molecule is CSCCC(C)N(C)S(=O)(=O)c1ccc(C(=O)O)cc1F. The summed E-state index contributed by atoms with van der Waals surface area (Å²) in [5.41, 5.74) is -0.287. The lowest BCUT2D eigenvalue weighted by Crippen LogP contribution is -2.36. The third kappa shape index (κ3) is 4.18. The maximum atomic E-state index is 13.9. The number of benzene rings is 1. The summed E-state index contributed by atoms with van der Waals surface area (Å²) >= 11 is 1.60. The number of thioether (sulfide) groups is 1. The maximum Gasteiger partial charge on any atom is 0.335 e. The lowest BCUT2D eigenvalue weighted by Gasteiger charge is -2.24. The Kier molecular flexibility index (Phi) is 6.18. The van der Waals surface area contributed by atoms with Crippen molar-refractivity contribution in [1.29, 1.82) is 0 Å². The van der Waals surface area contributed by atoms with E-state index < -0.39 is 26.7 Å². The number of carbonyl (C=O) groups is 1. The third-order valence-corrected chi connectivity index (χ3v) is 5.85. The van der Waals surface area contributed by atoms with Crippen LogP contribution in [0.1, 0.15) is 23.7 Å². The van der Waals surface area contributed by atoms with Gasteiger partial charge in [-0.2, -0.15) is 16.1 Å². The molecule has 1 aromatic rings. The predicted octanol–water partition coefficient (Wildman–Crippen LogP) is 2.29. The fourth-order valence-corrected chi connectivity index (χ4v) is 3.72. The minimum atomic E-state index is -3.99. The van der Waals surface area contributed by atoms with Gasteiger partial charge in [0.25, 0.3) is 0 Å². The molecule has 0 fully saturated rings. The minimum Gasteiger partial charge on any atom is -0.478 e. The molecule has 0 saturated carbocycles. The van der Waals surface area contributed by atoms with Gasteiger partial charge >= 0.3 is 5.97 Å². The largest absolute Gasteiger partial charge is 0.478 e. The van der Waals surface area contributed by atoms with E-state index in [1.807, 2.05) is 6.26 Å². The second kappa shape index (κ2) is 7.24. The summed E-state index contributed by atoms with van der Waals surface area (Å²) in [7, 11) is -2.59. The summed E-state index contributed by atoms with van der Waals surface area (Å²) in [6, 6.07) is 2.52. The quantitative estimate of drug-likeness (QED) is 0.827. The zero-order valence-corrected chi connectivity index (χ0v) is 13.7. The molecule has 8 heteroatoms. The van der Waals surface area contributed by atoms with Crippen LogP contribution in [0.4, 0.5) is 4.39 Å². The van der Waals surface area contributed by atoms with Crippen LogP contribution in [0, 0.1) is 5.82 Å². The molecule has 1 unspecified atom stereocenters. The maximum absolute atomic E-state index is 13.9. The van der Waals surface area contributed by atoms with E-state index >= 15 is 0 Å². The van der Waals surface area contributed by atoms with Crippen LogP contribution in [0.15, 0.2) is 23.1 Å². The van der Waals surface area contributed by atoms with E-state index in [9.17, 15) is 17.6 Å². The van der Waals surface area contributed by atoms with Crippen LogP contribution in [0.3, 0.4) is 0 Å². The molecule has 0 aliphatic carbocycles. The Balaban J connectivity index is 3.10. The molecular formula is C13H18FNO4S2. The van der Waals surface area contributed by atoms with Crippen molar-refractivity contribution >= 4 is 27.8 Å². The predicted molar refractivity (Wildman–Crippen MR) is 80.8 cm³/mol. The fourth-order valence-electron chi connectivity index (χ4n) is 1.71. The van der Waals surface area contributed by atoms with Crippen LogP contribution in [0.25, 0.3) is 0 Å². The highest BCUT2D eigenvalue weighted by Crippen LogP contribution is 2.22. The van der Waals surface area contributed by atoms with E-state index in [0.717, 1.165) is 28.3 Å². The molecule has 0 radical (unpaired) electrons. The van der Waals surface area contributed by atoms with E-state index in [-0.39, 0.29) is 11.6 Å². The first kappa shape index (κ1) is 17.9. The van der Waals surface area contributed by atoms with Gasteiger partial charge in [0.2, 0.25) is 10.0 Å². The lowest BCUT2D eigenvalue weighted by atomic mass is 10.2. The summed E-state index contributed by atoms with van der Waals surface area (Å²) in [6.07, 6.45) is 2.57. The number of rotatable bonds is 7. The molecule has 0 aromatic heterocycles. The number of carboxylic acid groups (broad SMARTS) is 1. The Morgan fingerprint density at radius 1 is 1.48 bits per heavy atom. The van der Waals surface area contributed by atoms with E-state index in [0.29, 0.717) is 6.42 Å². The number of carboxylic acids is 1. The fraction of sp³-hybridized carbons (Fsp3) is 0.462. The number of sulfonamides is 1. The normalized spacial score (nSPS) is 13.4. The molecule has 0 amide bonds. The standard InChI is InChI=1S/C13H18FNO4S2/c1-9(6-7-20-3)15(2)21(18,19)12-5-4-10(13(16)17)8-11(12)14/h4-5,8-9H,6-7H2,1-3H3,(H,16,17). The molecule has 0 saturated heterocycles. The smallest absolute Gasteiger partial charge is 0.335 e. The van der Waals surface area contributed by atoms with Gasteiger partial charge in [0.05, 0.1) is 5.56 Å². The van der Waals surface area contributed by atoms with Crippen molar-refractivity contribution in [1.82, 2.24) is 4.31 Å². The average Bonchev–Trinajstić information content (AvgIpc) is 2.43. The molecule has 1 aromatic carbocycles. The van der Waals surface area contributed by atoms with Gasteiger partial charge in [0, 0.05) is 13.1 Å². The molecule has 0 heterocycles. The second-order valence-electron chi connectivity index (χ2n) is 4.60. The highest BCUT2D eigenvalue weighted by atomic mass is 32.2. The summed E-state index contributed by atoms with van der Waals surface area (Å²) in [5, 5.41) is 8.77. The molecule has 0 bridgehead atoms. The van der Waals surface area contributed by atoms with Gasteiger partial charge in [0.1, 0.15) is 10.7 Å². The Morgan fingerprint density at radius 2 is 2.10 bits per heavy atom. The van der Waals surface area contributed by atoms with Crippen molar-refractivity contribution in [3.05, 3.63) is 29.6 Å². The Hall–Kier alpha value is -1.12. The molecule has 118 valence electrons. The third-order valence-electron chi connectivity index (χ3n) is 3.20. The van der Waals surface area contributed by atoms with Crippen LogP contribution < -0.4 is 0 Å². The van der Waals surface area contributed by atoms with Crippen molar-refractivity contribution in [2.24, 2.45) is 0 Å². The van der Waals surface area contributed by atoms with Gasteiger partial charge in [-0.3, -0.25) is 0 Å². The van der Waals surface area contributed by atoms with Crippen molar-refractivity contribution in [2.75, 3.05) is 19.1 Å². The Labute approximate surface area is 128 Å². The Bertz CT molecular complexity index is 619. The summed E-state index contributed by atoms with van der Waals surface area (Å²) in [4.78, 5) is 10.2. The van der Waals surface area contributed by atoms with E-state index in [1.54, 1.807) is 18.7 Å². The second-order valence-corrected chi connectivity index (χ2v) is 7.55. The molecule has 1 atom stereocenters. The highest BCUT2D eigenvalue weighted by Gasteiger charge is 2.28. The molecule has 5 nitrogen and oxygen atoms in total. The monoisotopic (exact) mass is 335 g/mol. The van der Waals surface area contributed by atoms with Crippen molar-refractivity contribution in [2.45, 2.75) is 24.3 Å². The first-order valence-electron chi connectivity index (χ1n) is 6.21. The Morgan fingerprint density at radius 3 is 2.57 bits per heavy atom. The van der Waals surface area contributed by atoms with Gasteiger partial charge in [-0.1, -0.05) is 0 Å². The summed E-state index contributed by atoms with van der Waals surface area (Å²) in [6.45, 7) is 1.75. The van der Waals surface area contributed by atoms with Gasteiger partial charge in [0.15, 0.2) is 0 Å². The van der Waals surface area contributed by atoms with Crippen LogP contribution in [-0.2, 0) is 10.0 Å². The molecule has 1 rings (SSSR count). The molecule has 21 heavy (non-hydrogen) atoms. The highest BCUT2D eigenvalue weighted by molar-refractivity contribution is 7.98. The van der Waals surface area contributed by atoms with Crippen LogP contribution in [0.2, 0.25) is 0 Å². The van der Waals surface area contributed by atoms with Crippen molar-refractivity contribution in [3.8, 4) is 0 Å². The number of hydrogen-bond donors (Lipinski definition) is 1. The van der Waals surface area contributed by atoms with Gasteiger partial charge in [-0.15, -0.1) is 0 Å². The van der Waals surface area contributed by atoms with Gasteiger partial charge in [-0.25, -0.2) is 17.6 Å². The summed E-state index contributed by atoms with van der Waals surface area (Å²) < 4.78 is 39.8. The minimum absolute atomic E-state index is 0.277. The van der Waals surface area contributed by atoms with Crippen LogP contribution in [-0.4, -0.2) is 48.9 Å². The van der Waals surface area contributed by atoms with Crippen molar-refractivity contribution in [3.63, 3.8) is 0 Å². The van der Waals surface area contributed by atoms with E-state index in [2.05, 4.69) is 0 Å². The average molecular weight is 335 g/mol. The number of hydrogen-bond acceptors (Lipinski definition) is 4. The van der Waals surface area contributed by atoms with E-state index in [4.69, 9.17) is 5.11 Å². The molecule has 1 N–H and O–H groups in total. The molecule has 0 aliphatic heterocycles. The van der Waals surface area contributed by atoms with Gasteiger partial charge in [-0.05, 0) is 43.6 Å². The van der Waals surface area contributed by atoms with E-state index in [1.165, 1.54) is 7.05 Å². The lowest BCUT2D eigenvalue weighted by molar-refractivity contribution is 0.0696. The molecular weight excluding hydrogens is 317 g/mol. The zero-order valence-electron chi connectivity index (χ0n) is 12.0. The molecule has 0 aliphatic rings. The van der Waals surface area contributed by atoms with Crippen LogP contribution >= 0.6 is 11.8 Å². The van der Waals surface area contributed by atoms with Gasteiger partial charge < -0.3 is 5.11 Å². The number of aromatic carboxylic acids is 1. The number of nitrogens with zero attached hydrogens (tertiary/aromatic N) is 1. The molecule has 0 spiro atoms.